The summed E-state index contributed by atoms with van der Waals surface area (Å²) in [6.07, 6.45) is 2.58. The Labute approximate surface area is 187 Å². The van der Waals surface area contributed by atoms with E-state index in [0.29, 0.717) is 41.5 Å². The highest BCUT2D eigenvalue weighted by Crippen LogP contribution is 2.33. The number of pyridine rings is 1. The number of aromatic nitrogens is 1. The van der Waals surface area contributed by atoms with E-state index < -0.39 is 0 Å². The maximum absolute atomic E-state index is 5.80. The molecule has 7 nitrogen and oxygen atoms in total. The van der Waals surface area contributed by atoms with Gasteiger partial charge in [-0.2, -0.15) is 0 Å². The number of guanidine groups is 1. The van der Waals surface area contributed by atoms with Crippen molar-refractivity contribution in [3.05, 3.63) is 46.7 Å². The number of hydrogen-bond acceptors (Lipinski definition) is 5. The minimum atomic E-state index is 0. The highest BCUT2D eigenvalue weighted by Gasteiger charge is 2.13. The average Bonchev–Trinajstić information content (AvgIpc) is 2.71. The number of nitrogens with one attached hydrogen (secondary N) is 2. The van der Waals surface area contributed by atoms with Crippen molar-refractivity contribution < 1.29 is 14.2 Å². The Morgan fingerprint density at radius 1 is 1.07 bits per heavy atom. The van der Waals surface area contributed by atoms with E-state index in [1.54, 1.807) is 40.6 Å². The number of halogens is 2. The van der Waals surface area contributed by atoms with Crippen LogP contribution in [0.25, 0.3) is 0 Å². The molecule has 0 unspecified atom stereocenters. The van der Waals surface area contributed by atoms with Crippen LogP contribution in [-0.4, -0.2) is 45.9 Å². The molecule has 0 spiro atoms. The molecule has 1 heterocycles. The normalized spacial score (nSPS) is 10.7. The van der Waals surface area contributed by atoms with Gasteiger partial charge in [0, 0.05) is 31.9 Å². The van der Waals surface area contributed by atoms with Crippen LogP contribution < -0.4 is 24.8 Å². The SMILES string of the molecule is CN=C(NCCc1ccc(Cl)nc1)NCc1c(OC)cc(OC)cc1OC.I. The molecule has 0 bridgehead atoms. The molecule has 9 heteroatoms. The molecule has 2 N–H and O–H groups in total. The first-order valence-corrected chi connectivity index (χ1v) is 8.82. The first kappa shape index (κ1) is 24.1. The fourth-order valence-corrected chi connectivity index (χ4v) is 2.64. The fourth-order valence-electron chi connectivity index (χ4n) is 2.52. The minimum absolute atomic E-state index is 0. The standard InChI is InChI=1S/C19H25ClN4O3.HI/c1-21-19(22-8-7-13-5-6-18(20)23-11-13)24-12-15-16(26-3)9-14(25-2)10-17(15)27-4;/h5-6,9-11H,7-8,12H2,1-4H3,(H2,21,22,24);1H. The van der Waals surface area contributed by atoms with Crippen molar-refractivity contribution in [2.24, 2.45) is 4.99 Å². The summed E-state index contributed by atoms with van der Waals surface area (Å²) in [7, 11) is 6.56. The lowest BCUT2D eigenvalue weighted by Crippen LogP contribution is -2.38. The molecule has 0 aliphatic carbocycles. The number of benzene rings is 1. The van der Waals surface area contributed by atoms with Gasteiger partial charge in [0.15, 0.2) is 5.96 Å². The lowest BCUT2D eigenvalue weighted by atomic mass is 10.1. The Kier molecular flexibility index (Phi) is 10.8. The molecule has 1 aromatic carbocycles. The van der Waals surface area contributed by atoms with Crippen LogP contribution in [0.5, 0.6) is 17.2 Å². The van der Waals surface area contributed by atoms with Gasteiger partial charge < -0.3 is 24.8 Å². The molecule has 0 saturated carbocycles. The number of rotatable bonds is 8. The van der Waals surface area contributed by atoms with Gasteiger partial charge in [-0.05, 0) is 18.1 Å². The van der Waals surface area contributed by atoms with E-state index in [1.807, 2.05) is 18.2 Å². The van der Waals surface area contributed by atoms with E-state index >= 15 is 0 Å². The van der Waals surface area contributed by atoms with Gasteiger partial charge in [0.05, 0.1) is 33.4 Å². The molecule has 0 saturated heterocycles. The van der Waals surface area contributed by atoms with Crippen molar-refractivity contribution in [2.45, 2.75) is 13.0 Å². The Morgan fingerprint density at radius 2 is 1.75 bits per heavy atom. The van der Waals surface area contributed by atoms with E-state index in [0.717, 1.165) is 17.5 Å². The van der Waals surface area contributed by atoms with Crippen LogP contribution in [0.3, 0.4) is 0 Å². The van der Waals surface area contributed by atoms with Crippen molar-refractivity contribution in [2.75, 3.05) is 34.9 Å². The van der Waals surface area contributed by atoms with Crippen LogP contribution in [0.4, 0.5) is 0 Å². The van der Waals surface area contributed by atoms with Gasteiger partial charge in [-0.1, -0.05) is 17.7 Å². The Morgan fingerprint density at radius 3 is 2.25 bits per heavy atom. The van der Waals surface area contributed by atoms with Crippen LogP contribution in [0.15, 0.2) is 35.5 Å². The molecule has 28 heavy (non-hydrogen) atoms. The van der Waals surface area contributed by atoms with Crippen LogP contribution in [0.2, 0.25) is 5.15 Å². The van der Waals surface area contributed by atoms with Crippen LogP contribution in [0.1, 0.15) is 11.1 Å². The summed E-state index contributed by atoms with van der Waals surface area (Å²) >= 11 is 5.80. The topological polar surface area (TPSA) is 77.0 Å². The average molecular weight is 521 g/mol. The number of aliphatic imine (C=N–C) groups is 1. The molecular weight excluding hydrogens is 495 g/mol. The molecule has 0 amide bonds. The summed E-state index contributed by atoms with van der Waals surface area (Å²) in [6.45, 7) is 1.19. The highest BCUT2D eigenvalue weighted by atomic mass is 127. The molecule has 0 atom stereocenters. The summed E-state index contributed by atoms with van der Waals surface area (Å²) in [5.74, 6) is 2.71. The maximum Gasteiger partial charge on any atom is 0.191 e. The monoisotopic (exact) mass is 520 g/mol. The molecule has 0 aliphatic rings. The fraction of sp³-hybridized carbons (Fsp3) is 0.368. The Hall–Kier alpha value is -1.94. The van der Waals surface area contributed by atoms with Crippen LogP contribution in [-0.2, 0) is 13.0 Å². The Bertz CT molecular complexity index is 747. The summed E-state index contributed by atoms with van der Waals surface area (Å²) in [6, 6.07) is 7.39. The van der Waals surface area contributed by atoms with Gasteiger partial charge in [0.2, 0.25) is 0 Å². The third kappa shape index (κ3) is 6.90. The second-order valence-corrected chi connectivity index (χ2v) is 5.99. The van der Waals surface area contributed by atoms with E-state index in [1.165, 1.54) is 0 Å². The van der Waals surface area contributed by atoms with E-state index in [-0.39, 0.29) is 24.0 Å². The van der Waals surface area contributed by atoms with Crippen molar-refractivity contribution in [1.82, 2.24) is 15.6 Å². The van der Waals surface area contributed by atoms with Gasteiger partial charge in [0.25, 0.3) is 0 Å². The van der Waals surface area contributed by atoms with Crippen LogP contribution >= 0.6 is 35.6 Å². The molecule has 0 aliphatic heterocycles. The lowest BCUT2D eigenvalue weighted by Gasteiger charge is -2.17. The Balaban J connectivity index is 0.00000392. The predicted molar refractivity (Wildman–Crippen MR) is 123 cm³/mol. The maximum atomic E-state index is 5.80. The highest BCUT2D eigenvalue weighted by molar-refractivity contribution is 14.0. The van der Waals surface area contributed by atoms with Crippen molar-refractivity contribution in [3.63, 3.8) is 0 Å². The second kappa shape index (κ2) is 12.5. The van der Waals surface area contributed by atoms with Gasteiger partial charge in [-0.3, -0.25) is 4.99 Å². The van der Waals surface area contributed by atoms with Gasteiger partial charge in [0.1, 0.15) is 22.4 Å². The van der Waals surface area contributed by atoms with E-state index in [4.69, 9.17) is 25.8 Å². The zero-order valence-electron chi connectivity index (χ0n) is 16.4. The first-order chi connectivity index (χ1) is 13.1. The zero-order valence-corrected chi connectivity index (χ0v) is 19.5. The molecule has 1 aromatic heterocycles. The summed E-state index contributed by atoms with van der Waals surface area (Å²) in [4.78, 5) is 8.32. The molecule has 0 radical (unpaired) electrons. The third-order valence-corrected chi connectivity index (χ3v) is 4.19. The predicted octanol–water partition coefficient (Wildman–Crippen LogP) is 3.29. The molecule has 2 aromatic rings. The van der Waals surface area contributed by atoms with E-state index in [9.17, 15) is 0 Å². The largest absolute Gasteiger partial charge is 0.496 e. The summed E-state index contributed by atoms with van der Waals surface area (Å²) < 4.78 is 16.2. The zero-order chi connectivity index (χ0) is 19.6. The van der Waals surface area contributed by atoms with E-state index in [2.05, 4.69) is 20.6 Å². The van der Waals surface area contributed by atoms with Crippen LogP contribution in [0, 0.1) is 0 Å². The van der Waals surface area contributed by atoms with Gasteiger partial charge >= 0.3 is 0 Å². The smallest absolute Gasteiger partial charge is 0.191 e. The van der Waals surface area contributed by atoms with Crippen molar-refractivity contribution in [3.8, 4) is 17.2 Å². The lowest BCUT2D eigenvalue weighted by molar-refractivity contribution is 0.368. The minimum Gasteiger partial charge on any atom is -0.496 e. The first-order valence-electron chi connectivity index (χ1n) is 8.45. The quantitative estimate of drug-likeness (QED) is 0.241. The number of ether oxygens (including phenoxy) is 3. The van der Waals surface area contributed by atoms with Gasteiger partial charge in [-0.15, -0.1) is 24.0 Å². The molecule has 154 valence electrons. The second-order valence-electron chi connectivity index (χ2n) is 5.60. The van der Waals surface area contributed by atoms with Gasteiger partial charge in [-0.25, -0.2) is 4.98 Å². The molecule has 0 fully saturated rings. The third-order valence-electron chi connectivity index (χ3n) is 3.97. The molecular formula is C19H26ClIN4O3. The number of nitrogens with zero attached hydrogens (tertiary/aromatic N) is 2. The summed E-state index contributed by atoms with van der Waals surface area (Å²) in [5.41, 5.74) is 1.98. The molecule has 2 rings (SSSR count). The van der Waals surface area contributed by atoms with Crippen molar-refractivity contribution in [1.29, 1.82) is 0 Å². The summed E-state index contributed by atoms with van der Waals surface area (Å²) in [5, 5.41) is 7.03. The number of hydrogen-bond donors (Lipinski definition) is 2. The van der Waals surface area contributed by atoms with Crippen molar-refractivity contribution >= 4 is 41.5 Å². The number of methoxy groups -OCH3 is 3.